The Labute approximate surface area is 113 Å². The predicted molar refractivity (Wildman–Crippen MR) is 72.6 cm³/mol. The monoisotopic (exact) mass is 285 g/mol. The van der Waals surface area contributed by atoms with Crippen LogP contribution in [-0.2, 0) is 14.8 Å². The first-order valence-electron chi connectivity index (χ1n) is 6.21. The van der Waals surface area contributed by atoms with Gasteiger partial charge in [-0.05, 0) is 31.4 Å². The minimum absolute atomic E-state index is 0.156. The first-order chi connectivity index (χ1) is 9.03. The van der Waals surface area contributed by atoms with Crippen LogP contribution in [0.2, 0.25) is 0 Å². The molecule has 2 rings (SSSR count). The van der Waals surface area contributed by atoms with Crippen molar-refractivity contribution in [3.8, 4) is 0 Å². The number of aromatic nitrogens is 1. The normalized spacial score (nSPS) is 17.8. The van der Waals surface area contributed by atoms with Gasteiger partial charge in [-0.2, -0.15) is 0 Å². The number of nitrogens with one attached hydrogen (secondary N) is 2. The molecule has 0 aromatic carbocycles. The van der Waals surface area contributed by atoms with E-state index >= 15 is 0 Å². The first-order valence-corrected chi connectivity index (χ1v) is 7.69. The van der Waals surface area contributed by atoms with Crippen LogP contribution in [0.5, 0.6) is 0 Å². The Hall–Kier alpha value is -1.18. The number of rotatable bonds is 6. The van der Waals surface area contributed by atoms with Crippen LogP contribution < -0.4 is 10.0 Å². The van der Waals surface area contributed by atoms with E-state index in [9.17, 15) is 8.42 Å². The van der Waals surface area contributed by atoms with Gasteiger partial charge in [-0.3, -0.25) is 0 Å². The fourth-order valence-corrected chi connectivity index (χ4v) is 3.40. The molecule has 19 heavy (non-hydrogen) atoms. The second-order valence-electron chi connectivity index (χ2n) is 4.67. The smallest absolute Gasteiger partial charge is 0.244 e. The zero-order valence-corrected chi connectivity index (χ0v) is 12.0. The van der Waals surface area contributed by atoms with Gasteiger partial charge in [-0.1, -0.05) is 0 Å². The standard InChI is InChI=1S/C12H19N3O3S/c1-13-11-10(5-3-8-14-11)19(16,17)15-9-12(18-2)6-4-7-12/h3,5,8,15H,4,6-7,9H2,1-2H3,(H,13,14). The van der Waals surface area contributed by atoms with Gasteiger partial charge in [-0.25, -0.2) is 18.1 Å². The SMILES string of the molecule is CNc1ncccc1S(=O)(=O)NCC1(OC)CCC1. The Kier molecular flexibility index (Phi) is 4.07. The predicted octanol–water partition coefficient (Wildman–Crippen LogP) is 0.971. The summed E-state index contributed by atoms with van der Waals surface area (Å²) in [6.07, 6.45) is 4.40. The highest BCUT2D eigenvalue weighted by atomic mass is 32.2. The summed E-state index contributed by atoms with van der Waals surface area (Å²) in [5.41, 5.74) is -0.338. The van der Waals surface area contributed by atoms with E-state index < -0.39 is 10.0 Å². The lowest BCUT2D eigenvalue weighted by Gasteiger charge is -2.40. The summed E-state index contributed by atoms with van der Waals surface area (Å²) < 4.78 is 32.6. The summed E-state index contributed by atoms with van der Waals surface area (Å²) >= 11 is 0. The van der Waals surface area contributed by atoms with Crippen LogP contribution in [0.4, 0.5) is 5.82 Å². The van der Waals surface area contributed by atoms with E-state index in [1.54, 1.807) is 26.4 Å². The lowest BCUT2D eigenvalue weighted by molar-refractivity contribution is -0.0659. The van der Waals surface area contributed by atoms with Crippen molar-refractivity contribution in [3.63, 3.8) is 0 Å². The molecule has 1 saturated carbocycles. The van der Waals surface area contributed by atoms with E-state index in [1.807, 2.05) is 0 Å². The quantitative estimate of drug-likeness (QED) is 0.814. The van der Waals surface area contributed by atoms with Gasteiger partial charge in [0.25, 0.3) is 0 Å². The molecule has 6 nitrogen and oxygen atoms in total. The molecule has 0 radical (unpaired) electrons. The summed E-state index contributed by atoms with van der Waals surface area (Å²) in [4.78, 5) is 4.16. The lowest BCUT2D eigenvalue weighted by Crippen LogP contribution is -2.49. The Morgan fingerprint density at radius 1 is 1.47 bits per heavy atom. The number of hydrogen-bond acceptors (Lipinski definition) is 5. The summed E-state index contributed by atoms with van der Waals surface area (Å²) in [6.45, 7) is 0.296. The largest absolute Gasteiger partial charge is 0.377 e. The molecular formula is C12H19N3O3S. The molecule has 0 amide bonds. The number of ether oxygens (including phenoxy) is 1. The molecule has 1 aliphatic carbocycles. The third kappa shape index (κ3) is 2.88. The van der Waals surface area contributed by atoms with Crippen LogP contribution >= 0.6 is 0 Å². The minimum Gasteiger partial charge on any atom is -0.377 e. The first kappa shape index (κ1) is 14.2. The summed E-state index contributed by atoms with van der Waals surface area (Å²) in [7, 11) is -0.313. The molecular weight excluding hydrogens is 266 g/mol. The topological polar surface area (TPSA) is 80.3 Å². The number of pyridine rings is 1. The molecule has 1 aromatic heterocycles. The fraction of sp³-hybridized carbons (Fsp3) is 0.583. The summed E-state index contributed by atoms with van der Waals surface area (Å²) in [5.74, 6) is 0.343. The van der Waals surface area contributed by atoms with Gasteiger partial charge in [0, 0.05) is 26.9 Å². The maximum absolute atomic E-state index is 12.3. The maximum atomic E-state index is 12.3. The molecule has 7 heteroatoms. The second kappa shape index (κ2) is 5.44. The van der Waals surface area contributed by atoms with Gasteiger partial charge in [0.15, 0.2) is 0 Å². The van der Waals surface area contributed by atoms with E-state index in [4.69, 9.17) is 4.74 Å². The Morgan fingerprint density at radius 2 is 2.21 bits per heavy atom. The second-order valence-corrected chi connectivity index (χ2v) is 6.40. The maximum Gasteiger partial charge on any atom is 0.244 e. The van der Waals surface area contributed by atoms with Gasteiger partial charge in [0.1, 0.15) is 10.7 Å². The highest BCUT2D eigenvalue weighted by Crippen LogP contribution is 2.34. The lowest BCUT2D eigenvalue weighted by atomic mass is 9.80. The summed E-state index contributed by atoms with van der Waals surface area (Å²) in [6, 6.07) is 3.13. The fourth-order valence-electron chi connectivity index (χ4n) is 2.12. The van der Waals surface area contributed by atoms with E-state index in [2.05, 4.69) is 15.0 Å². The van der Waals surface area contributed by atoms with Crippen LogP contribution in [0.3, 0.4) is 0 Å². The number of anilines is 1. The van der Waals surface area contributed by atoms with Crippen LogP contribution in [0.15, 0.2) is 23.2 Å². The van der Waals surface area contributed by atoms with Crippen molar-refractivity contribution < 1.29 is 13.2 Å². The number of sulfonamides is 1. The molecule has 2 N–H and O–H groups in total. The average molecular weight is 285 g/mol. The van der Waals surface area contributed by atoms with Crippen molar-refractivity contribution in [2.75, 3.05) is 26.0 Å². The highest BCUT2D eigenvalue weighted by molar-refractivity contribution is 7.89. The third-order valence-corrected chi connectivity index (χ3v) is 5.01. The molecule has 1 aliphatic rings. The number of hydrogen-bond donors (Lipinski definition) is 2. The van der Waals surface area contributed by atoms with E-state index in [1.165, 1.54) is 6.07 Å². The van der Waals surface area contributed by atoms with Gasteiger partial charge in [0.05, 0.1) is 5.60 Å². The van der Waals surface area contributed by atoms with Crippen molar-refractivity contribution in [1.82, 2.24) is 9.71 Å². The zero-order chi connectivity index (χ0) is 13.9. The molecule has 0 bridgehead atoms. The molecule has 1 aromatic rings. The molecule has 106 valence electrons. The van der Waals surface area contributed by atoms with E-state index in [0.717, 1.165) is 19.3 Å². The number of nitrogens with zero attached hydrogens (tertiary/aromatic N) is 1. The minimum atomic E-state index is -3.58. The van der Waals surface area contributed by atoms with Crippen LogP contribution in [-0.4, -0.2) is 39.7 Å². The van der Waals surface area contributed by atoms with Gasteiger partial charge < -0.3 is 10.1 Å². The van der Waals surface area contributed by atoms with Crippen LogP contribution in [0.25, 0.3) is 0 Å². The third-order valence-electron chi connectivity index (χ3n) is 3.58. The molecule has 0 atom stereocenters. The van der Waals surface area contributed by atoms with Crippen molar-refractivity contribution in [2.24, 2.45) is 0 Å². The van der Waals surface area contributed by atoms with Crippen LogP contribution in [0, 0.1) is 0 Å². The number of methoxy groups -OCH3 is 1. The zero-order valence-electron chi connectivity index (χ0n) is 11.1. The highest BCUT2D eigenvalue weighted by Gasteiger charge is 2.38. The summed E-state index contributed by atoms with van der Waals surface area (Å²) in [5, 5.41) is 2.78. The molecule has 0 saturated heterocycles. The molecule has 1 fully saturated rings. The Morgan fingerprint density at radius 3 is 2.74 bits per heavy atom. The van der Waals surface area contributed by atoms with Crippen molar-refractivity contribution in [2.45, 2.75) is 29.8 Å². The van der Waals surface area contributed by atoms with E-state index in [0.29, 0.717) is 12.4 Å². The van der Waals surface area contributed by atoms with Gasteiger partial charge in [0.2, 0.25) is 10.0 Å². The average Bonchev–Trinajstić information content (AvgIpc) is 2.38. The molecule has 1 heterocycles. The van der Waals surface area contributed by atoms with E-state index in [-0.39, 0.29) is 10.5 Å². The Bertz CT molecular complexity index is 535. The van der Waals surface area contributed by atoms with Gasteiger partial charge in [-0.15, -0.1) is 0 Å². The van der Waals surface area contributed by atoms with Gasteiger partial charge >= 0.3 is 0 Å². The van der Waals surface area contributed by atoms with Crippen molar-refractivity contribution in [3.05, 3.63) is 18.3 Å². The Balaban J connectivity index is 2.14. The van der Waals surface area contributed by atoms with Crippen molar-refractivity contribution in [1.29, 1.82) is 0 Å². The molecule has 0 aliphatic heterocycles. The molecule has 0 unspecified atom stereocenters. The molecule has 0 spiro atoms. The van der Waals surface area contributed by atoms with Crippen molar-refractivity contribution >= 4 is 15.8 Å². The van der Waals surface area contributed by atoms with Crippen LogP contribution in [0.1, 0.15) is 19.3 Å².